The zero-order chi connectivity index (χ0) is 13.4. The first-order chi connectivity index (χ1) is 8.59. The fraction of sp³-hybridized carbons (Fsp3) is 0.250. The third-order valence-electron chi connectivity index (χ3n) is 2.08. The topological polar surface area (TPSA) is 96.0 Å². The van der Waals surface area contributed by atoms with Crippen LogP contribution < -0.4 is 10.5 Å². The van der Waals surface area contributed by atoms with Crippen LogP contribution in [-0.2, 0) is 16.6 Å². The average Bonchev–Trinajstić information content (AvgIpc) is 2.35. The standard InChI is InChI=1S/C12H13N3O2S/c13-7-3-6-11-4-1-2-5-12(11)10-15-18(16,17)9-8-14/h1-2,4-5,15H,7,9-10,13H2. The minimum Gasteiger partial charge on any atom is -0.320 e. The first kappa shape index (κ1) is 14.2. The van der Waals surface area contributed by atoms with E-state index in [1.54, 1.807) is 24.3 Å². The Labute approximate surface area is 107 Å². The predicted molar refractivity (Wildman–Crippen MR) is 68.6 cm³/mol. The van der Waals surface area contributed by atoms with Crippen molar-refractivity contribution in [3.63, 3.8) is 0 Å². The highest BCUT2D eigenvalue weighted by molar-refractivity contribution is 7.89. The van der Waals surface area contributed by atoms with Crippen molar-refractivity contribution in [2.24, 2.45) is 5.73 Å². The lowest BCUT2D eigenvalue weighted by Gasteiger charge is -2.05. The Bertz CT molecular complexity index is 606. The molecule has 0 spiro atoms. The molecule has 0 saturated heterocycles. The van der Waals surface area contributed by atoms with Gasteiger partial charge in [0.1, 0.15) is 0 Å². The molecular formula is C12H13N3O2S. The van der Waals surface area contributed by atoms with Gasteiger partial charge in [-0.25, -0.2) is 13.1 Å². The van der Waals surface area contributed by atoms with E-state index in [0.717, 1.165) is 11.1 Å². The van der Waals surface area contributed by atoms with E-state index >= 15 is 0 Å². The highest BCUT2D eigenvalue weighted by Gasteiger charge is 2.09. The number of hydrogen-bond donors (Lipinski definition) is 2. The summed E-state index contributed by atoms with van der Waals surface area (Å²) >= 11 is 0. The fourth-order valence-electron chi connectivity index (χ4n) is 1.27. The number of hydrogen-bond acceptors (Lipinski definition) is 4. The smallest absolute Gasteiger partial charge is 0.225 e. The van der Waals surface area contributed by atoms with Crippen LogP contribution in [0.2, 0.25) is 0 Å². The van der Waals surface area contributed by atoms with Gasteiger partial charge in [0.05, 0.1) is 12.6 Å². The molecular weight excluding hydrogens is 250 g/mol. The van der Waals surface area contributed by atoms with Crippen molar-refractivity contribution in [3.8, 4) is 17.9 Å². The maximum atomic E-state index is 11.3. The molecule has 0 bridgehead atoms. The van der Waals surface area contributed by atoms with Crippen LogP contribution in [0.1, 0.15) is 11.1 Å². The van der Waals surface area contributed by atoms with Crippen LogP contribution in [0, 0.1) is 23.2 Å². The van der Waals surface area contributed by atoms with Gasteiger partial charge in [-0.15, -0.1) is 0 Å². The maximum Gasteiger partial charge on any atom is 0.225 e. The lowest BCUT2D eigenvalue weighted by molar-refractivity contribution is 0.585. The van der Waals surface area contributed by atoms with Crippen molar-refractivity contribution in [1.82, 2.24) is 4.72 Å². The van der Waals surface area contributed by atoms with Crippen LogP contribution in [0.5, 0.6) is 0 Å². The van der Waals surface area contributed by atoms with Crippen molar-refractivity contribution in [3.05, 3.63) is 35.4 Å². The number of nitriles is 1. The van der Waals surface area contributed by atoms with Gasteiger partial charge in [0.15, 0.2) is 5.75 Å². The van der Waals surface area contributed by atoms with Crippen LogP contribution in [0.4, 0.5) is 0 Å². The van der Waals surface area contributed by atoms with Crippen molar-refractivity contribution >= 4 is 10.0 Å². The van der Waals surface area contributed by atoms with Crippen LogP contribution >= 0.6 is 0 Å². The van der Waals surface area contributed by atoms with Crippen LogP contribution in [0.25, 0.3) is 0 Å². The van der Waals surface area contributed by atoms with Gasteiger partial charge in [0.25, 0.3) is 0 Å². The third-order valence-corrected chi connectivity index (χ3v) is 3.17. The number of nitrogens with one attached hydrogen (secondary N) is 1. The molecule has 0 aromatic heterocycles. The summed E-state index contributed by atoms with van der Waals surface area (Å²) in [7, 11) is -3.55. The minimum atomic E-state index is -3.55. The van der Waals surface area contributed by atoms with Crippen molar-refractivity contribution < 1.29 is 8.42 Å². The first-order valence-corrected chi connectivity index (χ1v) is 6.85. The quantitative estimate of drug-likeness (QED) is 0.744. The van der Waals surface area contributed by atoms with E-state index in [0.29, 0.717) is 0 Å². The zero-order valence-corrected chi connectivity index (χ0v) is 10.5. The molecule has 0 fully saturated rings. The summed E-state index contributed by atoms with van der Waals surface area (Å²) in [6, 6.07) is 8.77. The van der Waals surface area contributed by atoms with Gasteiger partial charge in [0.2, 0.25) is 10.0 Å². The second kappa shape index (κ2) is 6.77. The Kier molecular flexibility index (Phi) is 5.34. The molecule has 0 unspecified atom stereocenters. The Morgan fingerprint density at radius 1 is 1.33 bits per heavy atom. The Hall–Kier alpha value is -1.86. The minimum absolute atomic E-state index is 0.111. The van der Waals surface area contributed by atoms with E-state index < -0.39 is 15.8 Å². The molecule has 6 heteroatoms. The fourth-order valence-corrected chi connectivity index (χ4v) is 1.91. The van der Waals surface area contributed by atoms with Gasteiger partial charge in [-0.05, 0) is 11.6 Å². The van der Waals surface area contributed by atoms with Crippen molar-refractivity contribution in [2.45, 2.75) is 6.54 Å². The molecule has 1 rings (SSSR count). The third kappa shape index (κ3) is 4.56. The Balaban J connectivity index is 2.83. The number of nitrogens with two attached hydrogens (primary N) is 1. The monoisotopic (exact) mass is 263 g/mol. The van der Waals surface area contributed by atoms with E-state index in [2.05, 4.69) is 16.6 Å². The molecule has 0 saturated carbocycles. The predicted octanol–water partition coefficient (Wildman–Crippen LogP) is -0.0602. The highest BCUT2D eigenvalue weighted by atomic mass is 32.2. The van der Waals surface area contributed by atoms with Crippen molar-refractivity contribution in [2.75, 3.05) is 12.3 Å². The summed E-state index contributed by atoms with van der Waals surface area (Å²) in [6.07, 6.45) is 0. The number of sulfonamides is 1. The summed E-state index contributed by atoms with van der Waals surface area (Å²) in [5.41, 5.74) is 6.76. The maximum absolute atomic E-state index is 11.3. The van der Waals surface area contributed by atoms with E-state index in [1.807, 2.05) is 6.07 Å². The molecule has 94 valence electrons. The van der Waals surface area contributed by atoms with E-state index in [4.69, 9.17) is 11.0 Å². The molecule has 0 aliphatic rings. The van der Waals surface area contributed by atoms with E-state index in [9.17, 15) is 8.42 Å². The SMILES string of the molecule is N#CCS(=O)(=O)NCc1ccccc1C#CCN. The highest BCUT2D eigenvalue weighted by Crippen LogP contribution is 2.07. The molecule has 1 aromatic rings. The van der Waals surface area contributed by atoms with Gasteiger partial charge in [0, 0.05) is 12.1 Å². The summed E-state index contributed by atoms with van der Waals surface area (Å²) in [4.78, 5) is 0. The molecule has 0 atom stereocenters. The zero-order valence-electron chi connectivity index (χ0n) is 9.68. The molecule has 0 radical (unpaired) electrons. The van der Waals surface area contributed by atoms with Crippen molar-refractivity contribution in [1.29, 1.82) is 5.26 Å². The normalized spacial score (nSPS) is 10.2. The molecule has 18 heavy (non-hydrogen) atoms. The second-order valence-electron chi connectivity index (χ2n) is 3.40. The molecule has 0 amide bonds. The summed E-state index contributed by atoms with van der Waals surface area (Å²) in [5, 5.41) is 8.36. The summed E-state index contributed by atoms with van der Waals surface area (Å²) in [5.74, 6) is 5.03. The number of benzene rings is 1. The van der Waals surface area contributed by atoms with Crippen LogP contribution in [0.3, 0.4) is 0 Å². The van der Waals surface area contributed by atoms with Gasteiger partial charge in [-0.2, -0.15) is 5.26 Å². The first-order valence-electron chi connectivity index (χ1n) is 5.20. The largest absolute Gasteiger partial charge is 0.320 e. The summed E-state index contributed by atoms with van der Waals surface area (Å²) in [6.45, 7) is 0.355. The van der Waals surface area contributed by atoms with Gasteiger partial charge < -0.3 is 5.73 Å². The van der Waals surface area contributed by atoms with Crippen LogP contribution in [-0.4, -0.2) is 20.7 Å². The van der Waals surface area contributed by atoms with Crippen LogP contribution in [0.15, 0.2) is 24.3 Å². The number of nitrogens with zero attached hydrogens (tertiary/aromatic N) is 1. The molecule has 0 aliphatic carbocycles. The lowest BCUT2D eigenvalue weighted by atomic mass is 10.1. The Morgan fingerprint density at radius 2 is 2.06 bits per heavy atom. The van der Waals surface area contributed by atoms with E-state index in [-0.39, 0.29) is 13.1 Å². The summed E-state index contributed by atoms with van der Waals surface area (Å²) < 4.78 is 25.0. The lowest BCUT2D eigenvalue weighted by Crippen LogP contribution is -2.25. The number of rotatable bonds is 4. The average molecular weight is 263 g/mol. The van der Waals surface area contributed by atoms with E-state index in [1.165, 1.54) is 0 Å². The molecule has 0 heterocycles. The molecule has 0 aliphatic heterocycles. The molecule has 5 nitrogen and oxygen atoms in total. The molecule has 3 N–H and O–H groups in total. The molecule has 1 aromatic carbocycles. The van der Waals surface area contributed by atoms with Gasteiger partial charge in [-0.1, -0.05) is 30.0 Å². The van der Waals surface area contributed by atoms with Gasteiger partial charge in [-0.3, -0.25) is 0 Å². The Morgan fingerprint density at radius 3 is 2.72 bits per heavy atom. The van der Waals surface area contributed by atoms with Gasteiger partial charge >= 0.3 is 0 Å². The second-order valence-corrected chi connectivity index (χ2v) is 5.21.